The fourth-order valence-electron chi connectivity index (χ4n) is 1.12. The first-order valence-corrected chi connectivity index (χ1v) is 5.09. The van der Waals surface area contributed by atoms with E-state index < -0.39 is 12.0 Å². The molecule has 0 aliphatic carbocycles. The molecule has 0 aromatic heterocycles. The molecule has 3 nitrogen and oxygen atoms in total. The highest BCUT2D eigenvalue weighted by Gasteiger charge is 2.20. The predicted octanol–water partition coefficient (Wildman–Crippen LogP) is 1.30. The first-order chi connectivity index (χ1) is 7.16. The van der Waals surface area contributed by atoms with Gasteiger partial charge in [-0.1, -0.05) is 42.5 Å². The van der Waals surface area contributed by atoms with E-state index in [1.54, 1.807) is 6.92 Å². The molecule has 80 valence electrons. The van der Waals surface area contributed by atoms with Crippen LogP contribution in [0.2, 0.25) is 0 Å². The summed E-state index contributed by atoms with van der Waals surface area (Å²) >= 11 is 5.11. The number of carbonyl (C=O) groups is 1. The maximum atomic E-state index is 11.3. The monoisotopic (exact) mass is 223 g/mol. The molecule has 15 heavy (non-hydrogen) atoms. The van der Waals surface area contributed by atoms with Crippen LogP contribution in [0.3, 0.4) is 0 Å². The van der Waals surface area contributed by atoms with Crippen molar-refractivity contribution in [2.24, 2.45) is 5.73 Å². The summed E-state index contributed by atoms with van der Waals surface area (Å²) in [4.78, 5) is 11.7. The average Bonchev–Trinajstić information content (AvgIpc) is 2.28. The zero-order valence-electron chi connectivity index (χ0n) is 8.47. The maximum absolute atomic E-state index is 11.3. The SMILES string of the molecule is CCOC(=O)C(N)C(=S)c1ccccc1. The highest BCUT2D eigenvalue weighted by Crippen LogP contribution is 2.05. The number of thiocarbonyl (C=S) groups is 1. The first kappa shape index (κ1) is 11.8. The van der Waals surface area contributed by atoms with Gasteiger partial charge in [0.05, 0.1) is 11.5 Å². The fraction of sp³-hybridized carbons (Fsp3) is 0.273. The van der Waals surface area contributed by atoms with E-state index in [1.165, 1.54) is 0 Å². The van der Waals surface area contributed by atoms with Gasteiger partial charge in [0, 0.05) is 0 Å². The maximum Gasteiger partial charge on any atom is 0.328 e. The van der Waals surface area contributed by atoms with Crippen LogP contribution in [0.1, 0.15) is 12.5 Å². The fourth-order valence-corrected chi connectivity index (χ4v) is 1.35. The van der Waals surface area contributed by atoms with Crippen LogP contribution < -0.4 is 5.73 Å². The van der Waals surface area contributed by atoms with E-state index in [4.69, 9.17) is 22.7 Å². The highest BCUT2D eigenvalue weighted by atomic mass is 32.1. The quantitative estimate of drug-likeness (QED) is 0.475. The Labute approximate surface area is 94.2 Å². The molecule has 0 aliphatic rings. The molecular formula is C11H13NO2S. The molecule has 1 aromatic carbocycles. The minimum atomic E-state index is -0.859. The van der Waals surface area contributed by atoms with Crippen LogP contribution in [0, 0.1) is 0 Å². The van der Waals surface area contributed by atoms with Crippen molar-refractivity contribution < 1.29 is 9.53 Å². The number of hydrogen-bond donors (Lipinski definition) is 1. The minimum Gasteiger partial charge on any atom is -0.465 e. The van der Waals surface area contributed by atoms with Crippen molar-refractivity contribution in [3.63, 3.8) is 0 Å². The van der Waals surface area contributed by atoms with E-state index in [9.17, 15) is 4.79 Å². The van der Waals surface area contributed by atoms with Gasteiger partial charge in [-0.05, 0) is 12.5 Å². The lowest BCUT2D eigenvalue weighted by Gasteiger charge is -2.11. The van der Waals surface area contributed by atoms with Crippen molar-refractivity contribution in [2.45, 2.75) is 13.0 Å². The standard InChI is InChI=1S/C11H13NO2S/c1-2-14-11(13)9(12)10(15)8-6-4-3-5-7-8/h3-7,9H,2,12H2,1H3. The number of benzene rings is 1. The van der Waals surface area contributed by atoms with Gasteiger partial charge in [-0.15, -0.1) is 0 Å². The molecular weight excluding hydrogens is 210 g/mol. The van der Waals surface area contributed by atoms with Crippen LogP contribution >= 0.6 is 12.2 Å². The molecule has 0 bridgehead atoms. The van der Waals surface area contributed by atoms with E-state index in [0.29, 0.717) is 11.5 Å². The third-order valence-corrected chi connectivity index (χ3v) is 2.37. The molecule has 2 N–H and O–H groups in total. The summed E-state index contributed by atoms with van der Waals surface area (Å²) in [6.45, 7) is 2.04. The average molecular weight is 223 g/mol. The summed E-state index contributed by atoms with van der Waals surface area (Å²) < 4.78 is 4.79. The lowest BCUT2D eigenvalue weighted by Crippen LogP contribution is -2.39. The third kappa shape index (κ3) is 3.11. The normalized spacial score (nSPS) is 11.9. The Bertz CT molecular complexity index is 351. The molecule has 0 spiro atoms. The van der Waals surface area contributed by atoms with Gasteiger partial charge in [0.2, 0.25) is 0 Å². The van der Waals surface area contributed by atoms with Crippen molar-refractivity contribution in [1.82, 2.24) is 0 Å². The van der Waals surface area contributed by atoms with Gasteiger partial charge < -0.3 is 10.5 Å². The molecule has 1 unspecified atom stereocenters. The molecule has 0 saturated heterocycles. The largest absolute Gasteiger partial charge is 0.465 e. The molecule has 0 saturated carbocycles. The number of hydrogen-bond acceptors (Lipinski definition) is 4. The van der Waals surface area contributed by atoms with E-state index in [2.05, 4.69) is 0 Å². The first-order valence-electron chi connectivity index (χ1n) is 4.68. The Morgan fingerprint density at radius 1 is 1.47 bits per heavy atom. The number of nitrogens with two attached hydrogens (primary N) is 1. The third-order valence-electron chi connectivity index (χ3n) is 1.88. The molecule has 0 aliphatic heterocycles. The van der Waals surface area contributed by atoms with Crippen molar-refractivity contribution >= 4 is 23.1 Å². The summed E-state index contributed by atoms with van der Waals surface area (Å²) in [5.41, 5.74) is 6.45. The van der Waals surface area contributed by atoms with E-state index in [-0.39, 0.29) is 0 Å². The lowest BCUT2D eigenvalue weighted by molar-refractivity contribution is -0.142. The van der Waals surface area contributed by atoms with E-state index >= 15 is 0 Å². The van der Waals surface area contributed by atoms with Crippen LogP contribution in [0.15, 0.2) is 30.3 Å². The molecule has 0 heterocycles. The number of esters is 1. The Kier molecular flexibility index (Phi) is 4.39. The van der Waals surface area contributed by atoms with Gasteiger partial charge in [-0.25, -0.2) is 4.79 Å². The second kappa shape index (κ2) is 5.58. The molecule has 4 heteroatoms. The van der Waals surface area contributed by atoms with Crippen LogP contribution in [-0.4, -0.2) is 23.5 Å². The van der Waals surface area contributed by atoms with Gasteiger partial charge in [-0.2, -0.15) is 0 Å². The number of carbonyl (C=O) groups excluding carboxylic acids is 1. The number of ether oxygens (including phenoxy) is 1. The van der Waals surface area contributed by atoms with Crippen LogP contribution in [-0.2, 0) is 9.53 Å². The predicted molar refractivity (Wildman–Crippen MR) is 62.8 cm³/mol. The Morgan fingerprint density at radius 2 is 2.07 bits per heavy atom. The molecule has 0 fully saturated rings. The van der Waals surface area contributed by atoms with Gasteiger partial charge in [0.25, 0.3) is 0 Å². The van der Waals surface area contributed by atoms with Crippen molar-refractivity contribution in [1.29, 1.82) is 0 Å². The minimum absolute atomic E-state index is 0.309. The van der Waals surface area contributed by atoms with E-state index in [1.807, 2.05) is 30.3 Å². The Morgan fingerprint density at radius 3 is 2.60 bits per heavy atom. The Hall–Kier alpha value is -1.26. The van der Waals surface area contributed by atoms with Crippen molar-refractivity contribution in [3.8, 4) is 0 Å². The molecule has 1 atom stereocenters. The summed E-state index contributed by atoms with van der Waals surface area (Å²) in [6, 6.07) is 8.35. The molecule has 1 rings (SSSR count). The second-order valence-corrected chi connectivity index (χ2v) is 3.40. The van der Waals surface area contributed by atoms with Crippen LogP contribution in [0.25, 0.3) is 0 Å². The van der Waals surface area contributed by atoms with Gasteiger partial charge in [0.15, 0.2) is 0 Å². The zero-order chi connectivity index (χ0) is 11.3. The number of rotatable bonds is 4. The summed E-state index contributed by atoms with van der Waals surface area (Å²) in [5, 5.41) is 0. The summed E-state index contributed by atoms with van der Waals surface area (Å²) in [6.07, 6.45) is 0. The smallest absolute Gasteiger partial charge is 0.328 e. The van der Waals surface area contributed by atoms with Gasteiger partial charge >= 0.3 is 5.97 Å². The van der Waals surface area contributed by atoms with E-state index in [0.717, 1.165) is 5.56 Å². The summed E-state index contributed by atoms with van der Waals surface area (Å²) in [7, 11) is 0. The van der Waals surface area contributed by atoms with Crippen LogP contribution in [0.4, 0.5) is 0 Å². The lowest BCUT2D eigenvalue weighted by atomic mass is 10.1. The molecule has 0 amide bonds. The molecule has 1 aromatic rings. The van der Waals surface area contributed by atoms with Gasteiger partial charge in [0.1, 0.15) is 6.04 Å². The second-order valence-electron chi connectivity index (χ2n) is 2.96. The van der Waals surface area contributed by atoms with Crippen molar-refractivity contribution in [3.05, 3.63) is 35.9 Å². The van der Waals surface area contributed by atoms with Crippen molar-refractivity contribution in [2.75, 3.05) is 6.61 Å². The topological polar surface area (TPSA) is 52.3 Å². The highest BCUT2D eigenvalue weighted by molar-refractivity contribution is 7.81. The van der Waals surface area contributed by atoms with Crippen LogP contribution in [0.5, 0.6) is 0 Å². The zero-order valence-corrected chi connectivity index (χ0v) is 9.29. The Balaban J connectivity index is 2.73. The summed E-state index contributed by atoms with van der Waals surface area (Å²) in [5.74, 6) is -0.480. The van der Waals surface area contributed by atoms with Gasteiger partial charge in [-0.3, -0.25) is 0 Å². The molecule has 0 radical (unpaired) electrons.